The van der Waals surface area contributed by atoms with Gasteiger partial charge in [-0.15, -0.1) is 0 Å². The van der Waals surface area contributed by atoms with E-state index in [0.717, 1.165) is 58.9 Å². The number of benzene rings is 2. The molecule has 4 saturated carbocycles. The molecule has 6 nitrogen and oxygen atoms in total. The van der Waals surface area contributed by atoms with Crippen LogP contribution in [0.5, 0.6) is 0 Å². The number of hydrogen-bond donors (Lipinski definition) is 2. The van der Waals surface area contributed by atoms with Crippen molar-refractivity contribution in [2.24, 2.45) is 35.5 Å². The first-order valence-electron chi connectivity index (χ1n) is 12.9. The van der Waals surface area contributed by atoms with E-state index in [1.807, 2.05) is 60.7 Å². The number of anilines is 2. The van der Waals surface area contributed by atoms with Gasteiger partial charge in [0, 0.05) is 35.0 Å². The van der Waals surface area contributed by atoms with Crippen LogP contribution in [0.3, 0.4) is 0 Å². The summed E-state index contributed by atoms with van der Waals surface area (Å²) < 4.78 is 0. The van der Waals surface area contributed by atoms with E-state index in [0.29, 0.717) is 17.8 Å². The number of nitrogens with zero attached hydrogens (tertiary/aromatic N) is 2. The zero-order valence-electron chi connectivity index (χ0n) is 19.9. The van der Waals surface area contributed by atoms with Crippen LogP contribution in [0.4, 0.5) is 11.4 Å². The molecule has 4 fully saturated rings. The lowest BCUT2D eigenvalue weighted by atomic mass is 9.47. The molecule has 4 bridgehead atoms. The standard InChI is InChI=1S/C30H28N4O2/c35-29(33-23-9-1-5-18-7-3-11-31-27(18)23)25-20-13-17-14-21(16-20)26(22(25)15-17)30(36)34-24-10-2-6-19-8-4-12-32-28(19)24/h1-12,17,20-22,25-26H,13-16H2,(H,33,35)(H,34,36). The van der Waals surface area contributed by atoms with Crippen LogP contribution >= 0.6 is 0 Å². The first kappa shape index (κ1) is 21.5. The summed E-state index contributed by atoms with van der Waals surface area (Å²) in [4.78, 5) is 36.5. The van der Waals surface area contributed by atoms with Crippen LogP contribution in [-0.4, -0.2) is 21.8 Å². The topological polar surface area (TPSA) is 84.0 Å². The van der Waals surface area contributed by atoms with Crippen LogP contribution < -0.4 is 10.6 Å². The Morgan fingerprint density at radius 1 is 0.639 bits per heavy atom. The second-order valence-electron chi connectivity index (χ2n) is 10.8. The molecule has 6 heteroatoms. The molecule has 4 atom stereocenters. The maximum absolute atomic E-state index is 13.8. The maximum Gasteiger partial charge on any atom is 0.228 e. The lowest BCUT2D eigenvalue weighted by molar-refractivity contribution is -0.149. The second kappa shape index (κ2) is 8.40. The van der Waals surface area contributed by atoms with Crippen LogP contribution in [0.15, 0.2) is 73.1 Å². The van der Waals surface area contributed by atoms with Gasteiger partial charge in [0.2, 0.25) is 11.8 Å². The molecule has 8 rings (SSSR count). The van der Waals surface area contributed by atoms with Crippen molar-refractivity contribution < 1.29 is 9.59 Å². The van der Waals surface area contributed by atoms with E-state index >= 15 is 0 Å². The largest absolute Gasteiger partial charge is 0.324 e. The maximum atomic E-state index is 13.8. The van der Waals surface area contributed by atoms with Gasteiger partial charge in [-0.05, 0) is 73.6 Å². The molecule has 180 valence electrons. The first-order valence-corrected chi connectivity index (χ1v) is 12.9. The van der Waals surface area contributed by atoms with Crippen molar-refractivity contribution in [3.05, 3.63) is 73.1 Å². The smallest absolute Gasteiger partial charge is 0.228 e. The number of carbonyl (C=O) groups is 2. The molecule has 4 unspecified atom stereocenters. The highest BCUT2D eigenvalue weighted by Crippen LogP contribution is 2.59. The highest BCUT2D eigenvalue weighted by molar-refractivity contribution is 6.03. The Morgan fingerprint density at radius 2 is 1.14 bits per heavy atom. The number of carbonyl (C=O) groups excluding carboxylic acids is 2. The van der Waals surface area contributed by atoms with Crippen LogP contribution in [0, 0.1) is 35.5 Å². The minimum atomic E-state index is -0.154. The molecule has 0 saturated heterocycles. The highest BCUT2D eigenvalue weighted by atomic mass is 16.2. The molecule has 0 aliphatic heterocycles. The average Bonchev–Trinajstić information content (AvgIpc) is 2.89. The number of amides is 2. The van der Waals surface area contributed by atoms with Crippen molar-refractivity contribution in [3.8, 4) is 0 Å². The Bertz CT molecular complexity index is 1380. The van der Waals surface area contributed by atoms with Crippen molar-refractivity contribution in [3.63, 3.8) is 0 Å². The molecule has 36 heavy (non-hydrogen) atoms. The Morgan fingerprint density at radius 3 is 1.67 bits per heavy atom. The summed E-state index contributed by atoms with van der Waals surface area (Å²) in [5, 5.41) is 8.41. The number of fused-ring (bicyclic) bond motifs is 2. The highest BCUT2D eigenvalue weighted by Gasteiger charge is 2.57. The van der Waals surface area contributed by atoms with Crippen molar-refractivity contribution >= 4 is 45.0 Å². The minimum Gasteiger partial charge on any atom is -0.324 e. The average molecular weight is 477 g/mol. The fraction of sp³-hybridized carbons (Fsp3) is 0.333. The van der Waals surface area contributed by atoms with Gasteiger partial charge in [-0.25, -0.2) is 0 Å². The first-order chi connectivity index (χ1) is 17.7. The van der Waals surface area contributed by atoms with E-state index in [-0.39, 0.29) is 29.6 Å². The fourth-order valence-corrected chi connectivity index (χ4v) is 7.57. The molecular weight excluding hydrogens is 448 g/mol. The molecular formula is C30H28N4O2. The zero-order chi connectivity index (χ0) is 24.2. The summed E-state index contributed by atoms with van der Waals surface area (Å²) in [7, 11) is 0. The fourth-order valence-electron chi connectivity index (χ4n) is 7.57. The lowest BCUT2D eigenvalue weighted by Crippen LogP contribution is -2.57. The van der Waals surface area contributed by atoms with Gasteiger partial charge in [0.05, 0.1) is 22.4 Å². The van der Waals surface area contributed by atoms with Crippen LogP contribution in [0.1, 0.15) is 25.7 Å². The van der Waals surface area contributed by atoms with E-state index in [2.05, 4.69) is 20.6 Å². The SMILES string of the molecule is O=C(Nc1cccc2cccnc12)C1C2CC3CC(C2)C(C(=O)Nc2cccc4cccnc24)C1C3. The molecule has 0 radical (unpaired) electrons. The number of nitrogens with one attached hydrogen (secondary N) is 2. The van der Waals surface area contributed by atoms with Gasteiger partial charge < -0.3 is 10.6 Å². The number of rotatable bonds is 4. The second-order valence-corrected chi connectivity index (χ2v) is 10.8. The van der Waals surface area contributed by atoms with Gasteiger partial charge in [0.1, 0.15) is 0 Å². The molecule has 2 N–H and O–H groups in total. The molecule has 2 aromatic carbocycles. The van der Waals surface area contributed by atoms with E-state index in [1.165, 1.54) is 0 Å². The summed E-state index contributed by atoms with van der Waals surface area (Å²) in [6.45, 7) is 0. The number of para-hydroxylation sites is 2. The molecule has 0 spiro atoms. The van der Waals surface area contributed by atoms with E-state index < -0.39 is 0 Å². The molecule has 4 aromatic rings. The van der Waals surface area contributed by atoms with Gasteiger partial charge in [0.25, 0.3) is 0 Å². The van der Waals surface area contributed by atoms with Crippen molar-refractivity contribution in [1.29, 1.82) is 0 Å². The Hall–Kier alpha value is -3.80. The quantitative estimate of drug-likeness (QED) is 0.398. The number of aromatic nitrogens is 2. The number of pyridine rings is 2. The normalized spacial score (nSPS) is 28.3. The monoisotopic (exact) mass is 476 g/mol. The Labute approximate surface area is 209 Å². The molecule has 2 amide bonds. The van der Waals surface area contributed by atoms with Crippen molar-refractivity contribution in [2.75, 3.05) is 10.6 Å². The summed E-state index contributed by atoms with van der Waals surface area (Å²) in [6.07, 6.45) is 7.60. The third kappa shape index (κ3) is 3.47. The zero-order valence-corrected chi connectivity index (χ0v) is 19.9. The lowest BCUT2D eigenvalue weighted by Gasteiger charge is -2.57. The van der Waals surface area contributed by atoms with Crippen LogP contribution in [0.2, 0.25) is 0 Å². The molecule has 4 aliphatic rings. The number of hydrogen-bond acceptors (Lipinski definition) is 4. The van der Waals surface area contributed by atoms with E-state index in [4.69, 9.17) is 0 Å². The van der Waals surface area contributed by atoms with E-state index in [1.54, 1.807) is 12.4 Å². The van der Waals surface area contributed by atoms with Crippen LogP contribution in [0.25, 0.3) is 21.8 Å². The minimum absolute atomic E-state index is 0.0339. The van der Waals surface area contributed by atoms with Gasteiger partial charge in [-0.1, -0.05) is 36.4 Å². The third-order valence-corrected chi connectivity index (χ3v) is 8.81. The summed E-state index contributed by atoms with van der Waals surface area (Å²) >= 11 is 0. The third-order valence-electron chi connectivity index (χ3n) is 8.81. The van der Waals surface area contributed by atoms with Crippen molar-refractivity contribution in [2.45, 2.75) is 25.7 Å². The summed E-state index contributed by atoms with van der Waals surface area (Å²) in [5.74, 6) is 1.14. The predicted octanol–water partition coefficient (Wildman–Crippen LogP) is 5.66. The van der Waals surface area contributed by atoms with Gasteiger partial charge in [-0.2, -0.15) is 0 Å². The Kier molecular flexibility index (Phi) is 5.01. The van der Waals surface area contributed by atoms with Gasteiger partial charge in [-0.3, -0.25) is 19.6 Å². The summed E-state index contributed by atoms with van der Waals surface area (Å²) in [5.41, 5.74) is 3.09. The molecule has 2 heterocycles. The predicted molar refractivity (Wildman–Crippen MR) is 140 cm³/mol. The van der Waals surface area contributed by atoms with Crippen LogP contribution in [-0.2, 0) is 9.59 Å². The van der Waals surface area contributed by atoms with E-state index in [9.17, 15) is 9.59 Å². The van der Waals surface area contributed by atoms with Gasteiger partial charge >= 0.3 is 0 Å². The molecule has 4 aliphatic carbocycles. The Balaban J connectivity index is 1.17. The van der Waals surface area contributed by atoms with Crippen molar-refractivity contribution in [1.82, 2.24) is 9.97 Å². The van der Waals surface area contributed by atoms with Gasteiger partial charge in [0.15, 0.2) is 0 Å². The molecule has 2 aromatic heterocycles. The summed E-state index contributed by atoms with van der Waals surface area (Å²) in [6, 6.07) is 19.6.